The van der Waals surface area contributed by atoms with Crippen molar-refractivity contribution in [3.05, 3.63) is 16.3 Å². The average Bonchev–Trinajstić information content (AvgIpc) is 2.99. The number of nitrogens with zero attached hydrogens (tertiary/aromatic N) is 3. The SMILES string of the molecule is Cc1sc2nc(CN(C)C3CCSC3)nc(N)c2c1C. The summed E-state index contributed by atoms with van der Waals surface area (Å²) in [4.78, 5) is 13.9. The maximum Gasteiger partial charge on any atom is 0.146 e. The molecule has 4 nitrogen and oxygen atoms in total. The summed E-state index contributed by atoms with van der Waals surface area (Å²) >= 11 is 3.74. The van der Waals surface area contributed by atoms with Crippen LogP contribution in [0, 0.1) is 13.8 Å². The summed E-state index contributed by atoms with van der Waals surface area (Å²) in [5.41, 5.74) is 7.35. The fourth-order valence-electron chi connectivity index (χ4n) is 2.62. The Kier molecular flexibility index (Phi) is 3.88. The number of nitrogens with two attached hydrogens (primary N) is 1. The molecule has 0 amide bonds. The van der Waals surface area contributed by atoms with Gasteiger partial charge in [0.1, 0.15) is 16.5 Å². The molecule has 0 aliphatic carbocycles. The highest BCUT2D eigenvalue weighted by atomic mass is 32.2. The maximum absolute atomic E-state index is 6.13. The zero-order valence-corrected chi connectivity index (χ0v) is 13.8. The van der Waals surface area contributed by atoms with Gasteiger partial charge in [0.2, 0.25) is 0 Å². The van der Waals surface area contributed by atoms with E-state index in [4.69, 9.17) is 10.7 Å². The largest absolute Gasteiger partial charge is 0.383 e. The zero-order chi connectivity index (χ0) is 14.3. The molecule has 1 aliphatic heterocycles. The van der Waals surface area contributed by atoms with Crippen LogP contribution in [0.4, 0.5) is 5.82 Å². The minimum Gasteiger partial charge on any atom is -0.383 e. The van der Waals surface area contributed by atoms with E-state index in [1.807, 2.05) is 11.8 Å². The Morgan fingerprint density at radius 2 is 2.15 bits per heavy atom. The van der Waals surface area contributed by atoms with Crippen molar-refractivity contribution < 1.29 is 0 Å². The molecular weight excluding hydrogens is 288 g/mol. The van der Waals surface area contributed by atoms with Crippen molar-refractivity contribution in [1.82, 2.24) is 14.9 Å². The van der Waals surface area contributed by atoms with E-state index in [1.165, 1.54) is 28.4 Å². The fraction of sp³-hybridized carbons (Fsp3) is 0.571. The van der Waals surface area contributed by atoms with Gasteiger partial charge in [-0.05, 0) is 38.6 Å². The molecule has 108 valence electrons. The molecule has 20 heavy (non-hydrogen) atoms. The van der Waals surface area contributed by atoms with Crippen molar-refractivity contribution in [2.45, 2.75) is 32.9 Å². The van der Waals surface area contributed by atoms with Crippen LogP contribution in [0.25, 0.3) is 10.2 Å². The van der Waals surface area contributed by atoms with Crippen molar-refractivity contribution >= 4 is 39.1 Å². The first-order chi connectivity index (χ1) is 9.56. The van der Waals surface area contributed by atoms with Crippen LogP contribution < -0.4 is 5.73 Å². The molecule has 6 heteroatoms. The standard InChI is InChI=1S/C14H20N4S2/c1-8-9(2)20-14-12(8)13(15)16-11(17-14)6-18(3)10-4-5-19-7-10/h10H,4-7H2,1-3H3,(H2,15,16,17). The molecule has 1 saturated heterocycles. The summed E-state index contributed by atoms with van der Waals surface area (Å²) in [5.74, 6) is 3.95. The Hall–Kier alpha value is -0.850. The fourth-order valence-corrected chi connectivity index (χ4v) is 4.97. The molecule has 2 aromatic heterocycles. The summed E-state index contributed by atoms with van der Waals surface area (Å²) in [6, 6.07) is 0.646. The predicted molar refractivity (Wildman–Crippen MR) is 88.5 cm³/mol. The van der Waals surface area contributed by atoms with Gasteiger partial charge in [0, 0.05) is 16.7 Å². The van der Waals surface area contributed by atoms with Crippen LogP contribution in [0.15, 0.2) is 0 Å². The lowest BCUT2D eigenvalue weighted by atomic mass is 10.2. The monoisotopic (exact) mass is 308 g/mol. The van der Waals surface area contributed by atoms with Gasteiger partial charge in [-0.15, -0.1) is 11.3 Å². The van der Waals surface area contributed by atoms with E-state index in [9.17, 15) is 0 Å². The zero-order valence-electron chi connectivity index (χ0n) is 12.1. The second-order valence-corrected chi connectivity index (χ2v) is 7.77. The Bertz CT molecular complexity index is 632. The number of nitrogen functional groups attached to an aromatic ring is 1. The Labute approximate surface area is 127 Å². The topological polar surface area (TPSA) is 55.0 Å². The number of anilines is 1. The Balaban J connectivity index is 1.88. The number of aryl methyl sites for hydroxylation is 2. The maximum atomic E-state index is 6.13. The smallest absolute Gasteiger partial charge is 0.146 e. The highest BCUT2D eigenvalue weighted by molar-refractivity contribution is 7.99. The average molecular weight is 308 g/mol. The Morgan fingerprint density at radius 1 is 1.35 bits per heavy atom. The first kappa shape index (κ1) is 14.1. The molecule has 3 rings (SSSR count). The van der Waals surface area contributed by atoms with E-state index in [0.717, 1.165) is 22.6 Å². The van der Waals surface area contributed by atoms with Gasteiger partial charge < -0.3 is 5.73 Å². The number of hydrogen-bond donors (Lipinski definition) is 1. The highest BCUT2D eigenvalue weighted by Gasteiger charge is 2.21. The minimum atomic E-state index is 0.626. The number of hydrogen-bond acceptors (Lipinski definition) is 6. The lowest BCUT2D eigenvalue weighted by molar-refractivity contribution is 0.249. The van der Waals surface area contributed by atoms with Crippen LogP contribution in [0.2, 0.25) is 0 Å². The van der Waals surface area contributed by atoms with E-state index in [2.05, 4.69) is 30.8 Å². The van der Waals surface area contributed by atoms with Gasteiger partial charge in [0.15, 0.2) is 0 Å². The molecule has 0 radical (unpaired) electrons. The van der Waals surface area contributed by atoms with Gasteiger partial charge in [-0.1, -0.05) is 0 Å². The lowest BCUT2D eigenvalue weighted by Gasteiger charge is -2.22. The molecule has 1 fully saturated rings. The molecule has 0 bridgehead atoms. The summed E-state index contributed by atoms with van der Waals surface area (Å²) in [6.45, 7) is 4.99. The molecular formula is C14H20N4S2. The second kappa shape index (κ2) is 5.50. The van der Waals surface area contributed by atoms with Crippen molar-refractivity contribution in [2.24, 2.45) is 0 Å². The third kappa shape index (κ3) is 2.52. The minimum absolute atomic E-state index is 0.626. The van der Waals surface area contributed by atoms with Gasteiger partial charge in [-0.2, -0.15) is 11.8 Å². The van der Waals surface area contributed by atoms with Crippen LogP contribution in [0.5, 0.6) is 0 Å². The summed E-state index contributed by atoms with van der Waals surface area (Å²) < 4.78 is 0. The molecule has 0 saturated carbocycles. The van der Waals surface area contributed by atoms with E-state index in [1.54, 1.807) is 11.3 Å². The van der Waals surface area contributed by atoms with Crippen LogP contribution in [-0.2, 0) is 6.54 Å². The number of thiophene rings is 1. The van der Waals surface area contributed by atoms with Gasteiger partial charge >= 0.3 is 0 Å². The molecule has 2 aromatic rings. The van der Waals surface area contributed by atoms with Gasteiger partial charge in [-0.3, -0.25) is 4.90 Å². The van der Waals surface area contributed by atoms with Crippen molar-refractivity contribution in [3.8, 4) is 0 Å². The molecule has 2 N–H and O–H groups in total. The first-order valence-corrected chi connectivity index (χ1v) is 8.83. The van der Waals surface area contributed by atoms with Crippen molar-refractivity contribution in [1.29, 1.82) is 0 Å². The molecule has 1 atom stereocenters. The van der Waals surface area contributed by atoms with E-state index in [0.29, 0.717) is 11.9 Å². The number of thioether (sulfide) groups is 1. The normalized spacial score (nSPS) is 19.3. The van der Waals surface area contributed by atoms with Crippen LogP contribution in [0.3, 0.4) is 0 Å². The predicted octanol–water partition coefficient (Wildman–Crippen LogP) is 2.83. The summed E-state index contributed by atoms with van der Waals surface area (Å²) in [6.07, 6.45) is 1.26. The van der Waals surface area contributed by atoms with E-state index in [-0.39, 0.29) is 0 Å². The van der Waals surface area contributed by atoms with Crippen molar-refractivity contribution in [3.63, 3.8) is 0 Å². The second-order valence-electron chi connectivity index (χ2n) is 5.42. The van der Waals surface area contributed by atoms with Crippen LogP contribution >= 0.6 is 23.1 Å². The molecule has 3 heterocycles. The molecule has 1 unspecified atom stereocenters. The van der Waals surface area contributed by atoms with Crippen molar-refractivity contribution in [2.75, 3.05) is 24.3 Å². The Morgan fingerprint density at radius 3 is 2.85 bits per heavy atom. The molecule has 0 aromatic carbocycles. The quantitative estimate of drug-likeness (QED) is 0.945. The lowest BCUT2D eigenvalue weighted by Crippen LogP contribution is -2.31. The summed E-state index contributed by atoms with van der Waals surface area (Å²) in [5, 5.41) is 1.04. The first-order valence-electron chi connectivity index (χ1n) is 6.86. The van der Waals surface area contributed by atoms with Crippen LogP contribution in [0.1, 0.15) is 22.7 Å². The van der Waals surface area contributed by atoms with E-state index < -0.39 is 0 Å². The molecule has 1 aliphatic rings. The third-order valence-electron chi connectivity index (χ3n) is 4.02. The number of aromatic nitrogens is 2. The number of fused-ring (bicyclic) bond motifs is 1. The van der Waals surface area contributed by atoms with Gasteiger partial charge in [0.05, 0.1) is 11.9 Å². The van der Waals surface area contributed by atoms with Crippen LogP contribution in [-0.4, -0.2) is 39.5 Å². The van der Waals surface area contributed by atoms with Gasteiger partial charge in [-0.25, -0.2) is 9.97 Å². The highest BCUT2D eigenvalue weighted by Crippen LogP contribution is 2.32. The van der Waals surface area contributed by atoms with E-state index >= 15 is 0 Å². The third-order valence-corrected chi connectivity index (χ3v) is 6.27. The number of rotatable bonds is 3. The molecule has 0 spiro atoms. The summed E-state index contributed by atoms with van der Waals surface area (Å²) in [7, 11) is 2.16. The van der Waals surface area contributed by atoms with Gasteiger partial charge in [0.25, 0.3) is 0 Å².